The van der Waals surface area contributed by atoms with E-state index < -0.39 is 0 Å². The molecule has 3 rings (SSSR count). The van der Waals surface area contributed by atoms with Crippen molar-refractivity contribution in [1.29, 1.82) is 0 Å². The smallest absolute Gasteiger partial charge is 0.178 e. The maximum atomic E-state index is 11.3. The molecule has 1 radical (unpaired) electrons. The third kappa shape index (κ3) is 3.27. The predicted octanol–water partition coefficient (Wildman–Crippen LogP) is 5.31. The number of benzene rings is 3. The molecule has 0 fully saturated rings. The second kappa shape index (κ2) is 6.96. The molecular weight excluding hydrogens is 304 g/mol. The number of ether oxygens (including phenoxy) is 3. The summed E-state index contributed by atoms with van der Waals surface area (Å²) in [6, 6.07) is 19.7. The van der Waals surface area contributed by atoms with Gasteiger partial charge in [-0.25, -0.2) is 0 Å². The molecule has 4 nitrogen and oxygen atoms in total. The van der Waals surface area contributed by atoms with E-state index in [1.165, 1.54) is 0 Å². The van der Waals surface area contributed by atoms with Crippen molar-refractivity contribution in [2.45, 2.75) is 0 Å². The molecule has 0 bridgehead atoms. The molecule has 0 spiro atoms. The van der Waals surface area contributed by atoms with Gasteiger partial charge < -0.3 is 14.2 Å². The highest BCUT2D eigenvalue weighted by molar-refractivity contribution is 5.71. The SMILES string of the molecule is COc1ccc(Oc2ccccc2-c2ccc([O])cc2)c(OC)c1. The number of rotatable bonds is 5. The lowest BCUT2D eigenvalue weighted by molar-refractivity contribution is 0.355. The zero-order valence-corrected chi connectivity index (χ0v) is 13.5. The van der Waals surface area contributed by atoms with Gasteiger partial charge in [0.05, 0.1) is 14.2 Å². The first-order chi connectivity index (χ1) is 11.7. The topological polar surface area (TPSA) is 47.6 Å². The molecule has 3 aromatic carbocycles. The zero-order chi connectivity index (χ0) is 16.9. The van der Waals surface area contributed by atoms with Crippen LogP contribution in [-0.2, 0) is 5.11 Å². The van der Waals surface area contributed by atoms with E-state index in [1.54, 1.807) is 50.6 Å². The van der Waals surface area contributed by atoms with Gasteiger partial charge in [0.25, 0.3) is 0 Å². The van der Waals surface area contributed by atoms with Gasteiger partial charge >= 0.3 is 0 Å². The van der Waals surface area contributed by atoms with Crippen LogP contribution in [0.5, 0.6) is 28.7 Å². The van der Waals surface area contributed by atoms with Crippen molar-refractivity contribution in [3.05, 3.63) is 66.7 Å². The summed E-state index contributed by atoms with van der Waals surface area (Å²) in [7, 11) is 3.19. The number of hydrogen-bond donors (Lipinski definition) is 0. The molecule has 24 heavy (non-hydrogen) atoms. The van der Waals surface area contributed by atoms with Gasteiger partial charge in [0.15, 0.2) is 17.2 Å². The molecule has 0 amide bonds. The van der Waals surface area contributed by atoms with Crippen LogP contribution >= 0.6 is 0 Å². The van der Waals surface area contributed by atoms with Crippen molar-refractivity contribution in [2.75, 3.05) is 14.2 Å². The first-order valence-corrected chi connectivity index (χ1v) is 7.47. The van der Waals surface area contributed by atoms with E-state index in [4.69, 9.17) is 14.2 Å². The van der Waals surface area contributed by atoms with Gasteiger partial charge in [-0.05, 0) is 35.9 Å². The van der Waals surface area contributed by atoms with Crippen molar-refractivity contribution in [2.24, 2.45) is 0 Å². The van der Waals surface area contributed by atoms with Gasteiger partial charge in [0.1, 0.15) is 11.5 Å². The average molecular weight is 321 g/mol. The van der Waals surface area contributed by atoms with Gasteiger partial charge in [-0.3, -0.25) is 5.11 Å². The normalized spacial score (nSPS) is 10.2. The van der Waals surface area contributed by atoms with Crippen molar-refractivity contribution in [3.63, 3.8) is 0 Å². The second-order valence-corrected chi connectivity index (χ2v) is 5.14. The fourth-order valence-corrected chi connectivity index (χ4v) is 2.41. The summed E-state index contributed by atoms with van der Waals surface area (Å²) in [4.78, 5) is 0. The second-order valence-electron chi connectivity index (χ2n) is 5.14. The summed E-state index contributed by atoms with van der Waals surface area (Å²) < 4.78 is 16.6. The fourth-order valence-electron chi connectivity index (χ4n) is 2.41. The van der Waals surface area contributed by atoms with Crippen LogP contribution in [0.3, 0.4) is 0 Å². The molecule has 0 aliphatic carbocycles. The predicted molar refractivity (Wildman–Crippen MR) is 91.6 cm³/mol. The summed E-state index contributed by atoms with van der Waals surface area (Å²) >= 11 is 0. The van der Waals surface area contributed by atoms with E-state index in [9.17, 15) is 5.11 Å². The highest BCUT2D eigenvalue weighted by Gasteiger charge is 2.11. The molecule has 0 unspecified atom stereocenters. The molecule has 3 aromatic rings. The molecule has 0 saturated carbocycles. The van der Waals surface area contributed by atoms with E-state index in [2.05, 4.69) is 0 Å². The van der Waals surface area contributed by atoms with E-state index in [-0.39, 0.29) is 5.75 Å². The molecule has 0 atom stereocenters. The van der Waals surface area contributed by atoms with Crippen LogP contribution in [0, 0.1) is 0 Å². The minimum atomic E-state index is -0.0195. The van der Waals surface area contributed by atoms with E-state index in [0.29, 0.717) is 23.0 Å². The third-order valence-electron chi connectivity index (χ3n) is 3.64. The number of methoxy groups -OCH3 is 2. The highest BCUT2D eigenvalue weighted by atomic mass is 16.5. The monoisotopic (exact) mass is 321 g/mol. The molecular formula is C20H17O4. The van der Waals surface area contributed by atoms with Crippen LogP contribution in [0.4, 0.5) is 0 Å². The minimum Gasteiger partial charge on any atom is -0.497 e. The number of hydrogen-bond acceptors (Lipinski definition) is 3. The first-order valence-electron chi connectivity index (χ1n) is 7.47. The Morgan fingerprint density at radius 3 is 2.17 bits per heavy atom. The summed E-state index contributed by atoms with van der Waals surface area (Å²) in [6.07, 6.45) is 0. The molecule has 0 heterocycles. The Morgan fingerprint density at radius 2 is 1.46 bits per heavy atom. The molecule has 0 aliphatic rings. The molecule has 0 saturated heterocycles. The lowest BCUT2D eigenvalue weighted by Crippen LogP contribution is -1.93. The van der Waals surface area contributed by atoms with Gasteiger partial charge in [-0.1, -0.05) is 30.3 Å². The van der Waals surface area contributed by atoms with Gasteiger partial charge in [-0.2, -0.15) is 0 Å². The largest absolute Gasteiger partial charge is 0.497 e. The Kier molecular flexibility index (Phi) is 4.57. The Balaban J connectivity index is 1.98. The minimum absolute atomic E-state index is 0.0195. The summed E-state index contributed by atoms with van der Waals surface area (Å²) in [6.45, 7) is 0. The maximum absolute atomic E-state index is 11.3. The number of para-hydroxylation sites is 1. The van der Waals surface area contributed by atoms with Crippen molar-refractivity contribution < 1.29 is 19.3 Å². The van der Waals surface area contributed by atoms with Crippen LogP contribution in [-0.4, -0.2) is 14.2 Å². The van der Waals surface area contributed by atoms with Gasteiger partial charge in [0.2, 0.25) is 0 Å². The van der Waals surface area contributed by atoms with Crippen LogP contribution in [0.1, 0.15) is 0 Å². The summed E-state index contributed by atoms with van der Waals surface area (Å²) in [5.41, 5.74) is 1.81. The van der Waals surface area contributed by atoms with E-state index in [1.807, 2.05) is 30.3 Å². The van der Waals surface area contributed by atoms with Crippen LogP contribution in [0.15, 0.2) is 66.7 Å². The molecule has 121 valence electrons. The van der Waals surface area contributed by atoms with Gasteiger partial charge in [0, 0.05) is 11.6 Å². The molecule has 0 aromatic heterocycles. The van der Waals surface area contributed by atoms with E-state index >= 15 is 0 Å². The van der Waals surface area contributed by atoms with Crippen molar-refractivity contribution >= 4 is 0 Å². The van der Waals surface area contributed by atoms with E-state index in [0.717, 1.165) is 11.1 Å². The Morgan fingerprint density at radius 1 is 0.708 bits per heavy atom. The highest BCUT2D eigenvalue weighted by Crippen LogP contribution is 2.38. The van der Waals surface area contributed by atoms with Crippen molar-refractivity contribution in [3.8, 4) is 39.9 Å². The molecule has 0 aliphatic heterocycles. The third-order valence-corrected chi connectivity index (χ3v) is 3.64. The average Bonchev–Trinajstić information content (AvgIpc) is 2.63. The molecule has 4 heteroatoms. The van der Waals surface area contributed by atoms with Crippen LogP contribution < -0.4 is 14.2 Å². The molecule has 0 N–H and O–H groups in total. The van der Waals surface area contributed by atoms with Gasteiger partial charge in [-0.15, -0.1) is 0 Å². The van der Waals surface area contributed by atoms with Crippen molar-refractivity contribution in [1.82, 2.24) is 0 Å². The lowest BCUT2D eigenvalue weighted by Gasteiger charge is -2.14. The zero-order valence-electron chi connectivity index (χ0n) is 13.5. The lowest BCUT2D eigenvalue weighted by atomic mass is 10.0. The summed E-state index contributed by atoms with van der Waals surface area (Å²) in [5, 5.41) is 11.3. The fraction of sp³-hybridized carbons (Fsp3) is 0.100. The van der Waals surface area contributed by atoms with Crippen LogP contribution in [0.25, 0.3) is 11.1 Å². The summed E-state index contributed by atoms with van der Waals surface area (Å²) in [5.74, 6) is 2.53. The maximum Gasteiger partial charge on any atom is 0.178 e. The van der Waals surface area contributed by atoms with Crippen LogP contribution in [0.2, 0.25) is 0 Å². The quantitative estimate of drug-likeness (QED) is 0.640. The Hall–Kier alpha value is -3.14. The standard InChI is InChI=1S/C20H17O4/c1-22-16-11-12-19(20(13-16)23-2)24-18-6-4-3-5-17(18)14-7-9-15(21)10-8-14/h3-13H,1-2H3. The first kappa shape index (κ1) is 15.7. The Labute approximate surface area is 140 Å². The Bertz CT molecular complexity index is 825.